The van der Waals surface area contributed by atoms with Gasteiger partial charge in [-0.1, -0.05) is 17.2 Å². The van der Waals surface area contributed by atoms with Crippen molar-refractivity contribution in [1.82, 2.24) is 0 Å². The normalized spacial score (nSPS) is 24.6. The Morgan fingerprint density at radius 3 is 2.35 bits per heavy atom. The van der Waals surface area contributed by atoms with Crippen LogP contribution in [0.2, 0.25) is 0 Å². The Kier molecular flexibility index (Phi) is 3.34. The fourth-order valence-corrected chi connectivity index (χ4v) is 2.52. The maximum atomic E-state index is 12.5. The van der Waals surface area contributed by atoms with Crippen molar-refractivity contribution >= 4 is 5.78 Å². The quantitative estimate of drug-likeness (QED) is 0.730. The highest BCUT2D eigenvalue weighted by atomic mass is 16.5. The third-order valence-electron chi connectivity index (χ3n) is 3.43. The molecule has 1 unspecified atom stereocenters. The van der Waals surface area contributed by atoms with Gasteiger partial charge in [0, 0.05) is 12.2 Å². The lowest BCUT2D eigenvalue weighted by Gasteiger charge is -2.32. The van der Waals surface area contributed by atoms with Gasteiger partial charge in [-0.15, -0.1) is 0 Å². The molecule has 1 aromatic carbocycles. The first-order valence-corrected chi connectivity index (χ1v) is 6.28. The van der Waals surface area contributed by atoms with E-state index in [-0.39, 0.29) is 5.78 Å². The second-order valence-electron chi connectivity index (χ2n) is 5.24. The molecule has 1 aliphatic heterocycles. The van der Waals surface area contributed by atoms with Gasteiger partial charge in [0.25, 0.3) is 0 Å². The number of carbonyl (C=O) groups excluding carboxylic acids is 1. The molecule has 1 saturated heterocycles. The van der Waals surface area contributed by atoms with Crippen LogP contribution in [0.5, 0.6) is 0 Å². The van der Waals surface area contributed by atoms with Crippen molar-refractivity contribution in [3.8, 4) is 0 Å². The van der Waals surface area contributed by atoms with Gasteiger partial charge < -0.3 is 4.74 Å². The van der Waals surface area contributed by atoms with E-state index in [9.17, 15) is 4.79 Å². The van der Waals surface area contributed by atoms with Crippen LogP contribution in [0.1, 0.15) is 47.7 Å². The molecule has 0 aromatic heterocycles. The van der Waals surface area contributed by atoms with E-state index in [1.807, 2.05) is 32.9 Å². The summed E-state index contributed by atoms with van der Waals surface area (Å²) < 4.78 is 5.71. The maximum Gasteiger partial charge on any atom is 0.194 e. The van der Waals surface area contributed by atoms with Crippen LogP contribution in [0, 0.1) is 13.8 Å². The van der Waals surface area contributed by atoms with Crippen LogP contribution in [-0.4, -0.2) is 18.0 Å². The van der Waals surface area contributed by atoms with Crippen molar-refractivity contribution in [2.75, 3.05) is 6.61 Å². The minimum atomic E-state index is -0.613. The number of Topliss-reactive ketones (excluding diaryl/α,β-unsaturated/α-hetero) is 1. The molecule has 1 fully saturated rings. The van der Waals surface area contributed by atoms with Crippen LogP contribution >= 0.6 is 0 Å². The molecule has 1 heterocycles. The molecule has 92 valence electrons. The zero-order chi connectivity index (χ0) is 12.5. The molecular formula is C15H20O2. The van der Waals surface area contributed by atoms with E-state index in [4.69, 9.17) is 4.74 Å². The zero-order valence-corrected chi connectivity index (χ0v) is 10.9. The van der Waals surface area contributed by atoms with E-state index in [1.165, 1.54) is 0 Å². The summed E-state index contributed by atoms with van der Waals surface area (Å²) in [7, 11) is 0. The number of hydrogen-bond acceptors (Lipinski definition) is 2. The second kappa shape index (κ2) is 4.61. The average Bonchev–Trinajstić information content (AvgIpc) is 2.27. The monoisotopic (exact) mass is 232 g/mol. The minimum Gasteiger partial charge on any atom is -0.367 e. The second-order valence-corrected chi connectivity index (χ2v) is 5.24. The van der Waals surface area contributed by atoms with Crippen LogP contribution in [0.25, 0.3) is 0 Å². The van der Waals surface area contributed by atoms with E-state index in [0.717, 1.165) is 36.0 Å². The molecule has 0 bridgehead atoms. The summed E-state index contributed by atoms with van der Waals surface area (Å²) in [6, 6.07) is 6.00. The molecule has 1 aliphatic rings. The Hall–Kier alpha value is -1.15. The number of carbonyl (C=O) groups is 1. The van der Waals surface area contributed by atoms with Crippen molar-refractivity contribution in [2.45, 2.75) is 45.6 Å². The van der Waals surface area contributed by atoms with Crippen molar-refractivity contribution in [3.63, 3.8) is 0 Å². The van der Waals surface area contributed by atoms with Crippen LogP contribution in [0.4, 0.5) is 0 Å². The van der Waals surface area contributed by atoms with Crippen LogP contribution < -0.4 is 0 Å². The third-order valence-corrected chi connectivity index (χ3v) is 3.43. The minimum absolute atomic E-state index is 0.129. The van der Waals surface area contributed by atoms with E-state index in [1.54, 1.807) is 0 Å². The lowest BCUT2D eigenvalue weighted by Crippen LogP contribution is -2.41. The molecular weight excluding hydrogens is 212 g/mol. The van der Waals surface area contributed by atoms with E-state index in [0.29, 0.717) is 6.61 Å². The first kappa shape index (κ1) is 12.3. The fourth-order valence-electron chi connectivity index (χ4n) is 2.52. The van der Waals surface area contributed by atoms with Crippen molar-refractivity contribution in [1.29, 1.82) is 0 Å². The maximum absolute atomic E-state index is 12.5. The molecule has 0 N–H and O–H groups in total. The van der Waals surface area contributed by atoms with E-state index < -0.39 is 5.60 Å². The van der Waals surface area contributed by atoms with Gasteiger partial charge >= 0.3 is 0 Å². The molecule has 0 amide bonds. The highest BCUT2D eigenvalue weighted by Gasteiger charge is 2.36. The van der Waals surface area contributed by atoms with Gasteiger partial charge in [-0.2, -0.15) is 0 Å². The van der Waals surface area contributed by atoms with Gasteiger partial charge in [0.2, 0.25) is 0 Å². The van der Waals surface area contributed by atoms with Crippen LogP contribution in [-0.2, 0) is 4.74 Å². The predicted octanol–water partition coefficient (Wildman–Crippen LogP) is 3.45. The van der Waals surface area contributed by atoms with Gasteiger partial charge in [-0.25, -0.2) is 0 Å². The zero-order valence-electron chi connectivity index (χ0n) is 10.9. The largest absolute Gasteiger partial charge is 0.367 e. The average molecular weight is 232 g/mol. The number of ether oxygens (including phenoxy) is 1. The summed E-state index contributed by atoms with van der Waals surface area (Å²) in [6.45, 7) is 6.67. The summed E-state index contributed by atoms with van der Waals surface area (Å²) in [5.74, 6) is 0.129. The molecule has 2 rings (SSSR count). The SMILES string of the molecule is Cc1cc(C)cc(C(=O)C2(C)CCCCO2)c1. The summed E-state index contributed by atoms with van der Waals surface area (Å²) in [6.07, 6.45) is 2.97. The van der Waals surface area contributed by atoms with Gasteiger partial charge in [-0.05, 0) is 52.2 Å². The molecule has 2 heteroatoms. The summed E-state index contributed by atoms with van der Waals surface area (Å²) in [4.78, 5) is 12.5. The standard InChI is InChI=1S/C15H20O2/c1-11-8-12(2)10-13(9-11)14(16)15(3)6-4-5-7-17-15/h8-10H,4-7H2,1-3H3. The van der Waals surface area contributed by atoms with E-state index >= 15 is 0 Å². The lowest BCUT2D eigenvalue weighted by molar-refractivity contribution is -0.0426. The number of ketones is 1. The third kappa shape index (κ3) is 2.58. The smallest absolute Gasteiger partial charge is 0.194 e. The molecule has 0 radical (unpaired) electrons. The van der Waals surface area contributed by atoms with Gasteiger partial charge in [0.1, 0.15) is 5.60 Å². The Balaban J connectivity index is 2.29. The first-order valence-electron chi connectivity index (χ1n) is 6.28. The molecule has 0 saturated carbocycles. The van der Waals surface area contributed by atoms with Crippen LogP contribution in [0.3, 0.4) is 0 Å². The van der Waals surface area contributed by atoms with Crippen molar-refractivity contribution in [3.05, 3.63) is 34.9 Å². The Labute approximate surface area is 103 Å². The van der Waals surface area contributed by atoms with E-state index in [2.05, 4.69) is 6.07 Å². The Bertz CT molecular complexity index is 408. The molecule has 2 nitrogen and oxygen atoms in total. The number of hydrogen-bond donors (Lipinski definition) is 0. The fraction of sp³-hybridized carbons (Fsp3) is 0.533. The first-order chi connectivity index (χ1) is 8.01. The molecule has 1 atom stereocenters. The predicted molar refractivity (Wildman–Crippen MR) is 68.5 cm³/mol. The topological polar surface area (TPSA) is 26.3 Å². The Morgan fingerprint density at radius 1 is 1.18 bits per heavy atom. The molecule has 1 aromatic rings. The highest BCUT2D eigenvalue weighted by Crippen LogP contribution is 2.28. The highest BCUT2D eigenvalue weighted by molar-refractivity contribution is 6.02. The number of aryl methyl sites for hydroxylation is 2. The van der Waals surface area contributed by atoms with Crippen molar-refractivity contribution in [2.24, 2.45) is 0 Å². The molecule has 0 spiro atoms. The summed E-state index contributed by atoms with van der Waals surface area (Å²) in [5, 5.41) is 0. The van der Waals surface area contributed by atoms with Crippen molar-refractivity contribution < 1.29 is 9.53 Å². The van der Waals surface area contributed by atoms with Gasteiger partial charge in [0.05, 0.1) is 0 Å². The molecule has 17 heavy (non-hydrogen) atoms. The summed E-state index contributed by atoms with van der Waals surface area (Å²) >= 11 is 0. The Morgan fingerprint density at radius 2 is 1.82 bits per heavy atom. The number of benzene rings is 1. The number of rotatable bonds is 2. The van der Waals surface area contributed by atoms with Crippen LogP contribution in [0.15, 0.2) is 18.2 Å². The van der Waals surface area contributed by atoms with Gasteiger partial charge in [-0.3, -0.25) is 4.79 Å². The summed E-state index contributed by atoms with van der Waals surface area (Å²) in [5.41, 5.74) is 2.44. The lowest BCUT2D eigenvalue weighted by atomic mass is 9.87. The van der Waals surface area contributed by atoms with Gasteiger partial charge in [0.15, 0.2) is 5.78 Å². The molecule has 0 aliphatic carbocycles.